The van der Waals surface area contributed by atoms with Gasteiger partial charge in [0.1, 0.15) is 6.10 Å². The first-order chi connectivity index (χ1) is 13.5. The first kappa shape index (κ1) is 16.9. The van der Waals surface area contributed by atoms with E-state index in [2.05, 4.69) is 19.1 Å². The van der Waals surface area contributed by atoms with Gasteiger partial charge in [0, 0.05) is 5.92 Å². The molecule has 28 heavy (non-hydrogen) atoms. The molecule has 2 heterocycles. The number of esters is 2. The normalized spacial score (nSPS) is 49.4. The lowest BCUT2D eigenvalue weighted by Gasteiger charge is -2.28. The van der Waals surface area contributed by atoms with E-state index in [1.807, 2.05) is 6.92 Å². The van der Waals surface area contributed by atoms with Crippen LogP contribution in [0.15, 0.2) is 35.1 Å². The first-order valence-corrected chi connectivity index (χ1v) is 10.7. The van der Waals surface area contributed by atoms with Crippen LogP contribution < -0.4 is 0 Å². The fraction of sp³-hybridized carbons (Fsp3) is 0.652. The molecule has 0 aromatic rings. The Labute approximate surface area is 164 Å². The summed E-state index contributed by atoms with van der Waals surface area (Å²) >= 11 is 0. The Balaban J connectivity index is 1.25. The van der Waals surface area contributed by atoms with Crippen molar-refractivity contribution >= 4 is 11.9 Å². The highest BCUT2D eigenvalue weighted by atomic mass is 16.7. The third-order valence-electron chi connectivity index (χ3n) is 8.39. The van der Waals surface area contributed by atoms with E-state index in [1.165, 1.54) is 24.0 Å². The summed E-state index contributed by atoms with van der Waals surface area (Å²) in [5, 5.41) is 0. The van der Waals surface area contributed by atoms with Crippen molar-refractivity contribution in [1.29, 1.82) is 0 Å². The van der Waals surface area contributed by atoms with Gasteiger partial charge in [-0.1, -0.05) is 24.6 Å². The Bertz CT molecular complexity index is 866. The highest BCUT2D eigenvalue weighted by Crippen LogP contribution is 2.61. The average molecular weight is 382 g/mol. The maximum absolute atomic E-state index is 12.6. The molecule has 3 fully saturated rings. The monoisotopic (exact) mass is 382 g/mol. The summed E-state index contributed by atoms with van der Waals surface area (Å²) in [7, 11) is 0. The van der Waals surface area contributed by atoms with E-state index >= 15 is 0 Å². The maximum atomic E-state index is 12.6. The van der Waals surface area contributed by atoms with Crippen LogP contribution in [0.25, 0.3) is 0 Å². The van der Waals surface area contributed by atoms with Crippen LogP contribution in [0, 0.1) is 35.0 Å². The Morgan fingerprint density at radius 2 is 2.11 bits per heavy atom. The quantitative estimate of drug-likeness (QED) is 0.316. The number of fused-ring (bicyclic) bond motifs is 7. The summed E-state index contributed by atoms with van der Waals surface area (Å²) in [5.74, 6) is 0.676. The minimum atomic E-state index is -0.611. The third-order valence-corrected chi connectivity index (χ3v) is 8.39. The van der Waals surface area contributed by atoms with Gasteiger partial charge in [0.2, 0.25) is 6.29 Å². The van der Waals surface area contributed by atoms with Gasteiger partial charge >= 0.3 is 11.9 Å². The molecule has 4 aliphatic carbocycles. The summed E-state index contributed by atoms with van der Waals surface area (Å²) in [6, 6.07) is 0. The van der Waals surface area contributed by atoms with Gasteiger partial charge in [0.05, 0.1) is 23.2 Å². The van der Waals surface area contributed by atoms with Crippen molar-refractivity contribution in [2.24, 2.45) is 35.0 Å². The Morgan fingerprint density at radius 1 is 1.25 bits per heavy atom. The van der Waals surface area contributed by atoms with Gasteiger partial charge in [-0.15, -0.1) is 0 Å². The molecule has 2 aliphatic heterocycles. The van der Waals surface area contributed by atoms with Gasteiger partial charge in [0.25, 0.3) is 0 Å². The molecule has 0 aromatic carbocycles. The Kier molecular flexibility index (Phi) is 3.33. The summed E-state index contributed by atoms with van der Waals surface area (Å²) < 4.78 is 17.4. The van der Waals surface area contributed by atoms with Crippen LogP contribution in [0.2, 0.25) is 0 Å². The molecule has 8 atom stereocenters. The molecule has 0 radical (unpaired) electrons. The topological polar surface area (TPSA) is 61.8 Å². The summed E-state index contributed by atoms with van der Waals surface area (Å²) in [6.45, 7) is 4.24. The van der Waals surface area contributed by atoms with Crippen molar-refractivity contribution in [1.82, 2.24) is 0 Å². The van der Waals surface area contributed by atoms with E-state index in [0.717, 1.165) is 19.3 Å². The number of hydrogen-bond donors (Lipinski definition) is 0. The zero-order valence-electron chi connectivity index (χ0n) is 16.4. The molecule has 6 rings (SSSR count). The molecule has 5 heteroatoms. The summed E-state index contributed by atoms with van der Waals surface area (Å²) in [4.78, 5) is 25.1. The van der Waals surface area contributed by atoms with Crippen molar-refractivity contribution in [2.75, 3.05) is 0 Å². The van der Waals surface area contributed by atoms with Gasteiger partial charge < -0.3 is 14.2 Å². The van der Waals surface area contributed by atoms with E-state index in [4.69, 9.17) is 14.2 Å². The number of carbonyl (C=O) groups excluding carboxylic acids is 2. The van der Waals surface area contributed by atoms with Gasteiger partial charge in [-0.25, -0.2) is 4.79 Å². The van der Waals surface area contributed by atoms with Crippen LogP contribution in [-0.2, 0) is 23.8 Å². The number of allylic oxidation sites excluding steroid dienone is 3. The fourth-order valence-electron chi connectivity index (χ4n) is 6.91. The fourth-order valence-corrected chi connectivity index (χ4v) is 6.91. The van der Waals surface area contributed by atoms with Crippen LogP contribution >= 0.6 is 0 Å². The molecule has 0 aromatic heterocycles. The molecule has 6 aliphatic rings. The number of cyclic esters (lactones) is 1. The van der Waals surface area contributed by atoms with E-state index < -0.39 is 11.7 Å². The van der Waals surface area contributed by atoms with Crippen molar-refractivity contribution in [2.45, 2.75) is 58.3 Å². The molecule has 1 saturated carbocycles. The van der Waals surface area contributed by atoms with Crippen molar-refractivity contribution in [3.05, 3.63) is 35.1 Å². The van der Waals surface area contributed by atoms with E-state index in [9.17, 15) is 9.59 Å². The zero-order chi connectivity index (χ0) is 19.2. The van der Waals surface area contributed by atoms with Crippen molar-refractivity contribution in [3.63, 3.8) is 0 Å². The average Bonchev–Trinajstić information content (AvgIpc) is 3.42. The Hall–Kier alpha value is -2.04. The largest absolute Gasteiger partial charge is 0.461 e. The van der Waals surface area contributed by atoms with Gasteiger partial charge in [-0.3, -0.25) is 4.79 Å². The predicted molar refractivity (Wildman–Crippen MR) is 99.4 cm³/mol. The smallest absolute Gasteiger partial charge is 0.338 e. The summed E-state index contributed by atoms with van der Waals surface area (Å²) in [6.07, 6.45) is 10.6. The highest BCUT2D eigenvalue weighted by Gasteiger charge is 2.67. The van der Waals surface area contributed by atoms with Gasteiger partial charge in [0.15, 0.2) is 0 Å². The minimum Gasteiger partial charge on any atom is -0.461 e. The minimum absolute atomic E-state index is 0.0231. The van der Waals surface area contributed by atoms with E-state index in [0.29, 0.717) is 17.4 Å². The van der Waals surface area contributed by atoms with Gasteiger partial charge in [-0.2, -0.15) is 0 Å². The second kappa shape index (κ2) is 5.52. The van der Waals surface area contributed by atoms with Gasteiger partial charge in [-0.05, 0) is 62.4 Å². The van der Waals surface area contributed by atoms with Crippen molar-refractivity contribution in [3.8, 4) is 0 Å². The van der Waals surface area contributed by atoms with E-state index in [-0.39, 0.29) is 35.8 Å². The number of hydrogen-bond acceptors (Lipinski definition) is 5. The second-order valence-corrected chi connectivity index (χ2v) is 9.67. The van der Waals surface area contributed by atoms with E-state index in [1.54, 1.807) is 6.26 Å². The zero-order valence-corrected chi connectivity index (χ0v) is 16.4. The summed E-state index contributed by atoms with van der Waals surface area (Å²) in [5.41, 5.74) is 2.94. The van der Waals surface area contributed by atoms with Crippen LogP contribution in [-0.4, -0.2) is 24.3 Å². The standard InChI is InChI=1S/C23H26O5/c1-11-4-3-5-12-9-15-16(20(24)27-19(15)17(11)12)10-26-21-18-13-6-7-14(8-13)23(18,2)22(25)28-21/h6-7,10-11,13-15,18-19,21H,3-5,8-9H2,1-2H3/b16-10+/t11-,13+,14-,15+,18-,19-,21+,23-/m1/s1. The van der Waals surface area contributed by atoms with Crippen molar-refractivity contribution < 1.29 is 23.8 Å². The number of rotatable bonds is 2. The maximum Gasteiger partial charge on any atom is 0.338 e. The Morgan fingerprint density at radius 3 is 2.96 bits per heavy atom. The molecule has 2 bridgehead atoms. The van der Waals surface area contributed by atoms with Crippen LogP contribution in [0.3, 0.4) is 0 Å². The third kappa shape index (κ3) is 1.98. The SMILES string of the molecule is C[C@@H]1CCCC2=C1[C@@H]1OC(=O)/C(=C/O[C@H]3OC(=O)[C@@]4(C)[C@@H]3[C@H]3C=C[C@@H]4C3)[C@@H]1C2. The molecule has 0 N–H and O–H groups in total. The molecule has 0 amide bonds. The number of ether oxygens (including phenoxy) is 3. The molecular formula is C23H26O5. The highest BCUT2D eigenvalue weighted by molar-refractivity contribution is 5.92. The molecule has 2 saturated heterocycles. The molecular weight excluding hydrogens is 356 g/mol. The van der Waals surface area contributed by atoms with Crippen LogP contribution in [0.4, 0.5) is 0 Å². The lowest BCUT2D eigenvalue weighted by molar-refractivity contribution is -0.161. The second-order valence-electron chi connectivity index (χ2n) is 9.67. The first-order valence-electron chi connectivity index (χ1n) is 10.7. The predicted octanol–water partition coefficient (Wildman–Crippen LogP) is 3.66. The number of carbonyl (C=O) groups is 2. The molecule has 148 valence electrons. The van der Waals surface area contributed by atoms with Crippen LogP contribution in [0.1, 0.15) is 46.0 Å². The molecule has 5 nitrogen and oxygen atoms in total. The molecule has 0 unspecified atom stereocenters. The van der Waals surface area contributed by atoms with Crippen LogP contribution in [0.5, 0.6) is 0 Å². The molecule has 0 spiro atoms. The lowest BCUT2D eigenvalue weighted by Crippen LogP contribution is -2.35. The lowest BCUT2D eigenvalue weighted by atomic mass is 9.71.